The van der Waals surface area contributed by atoms with E-state index >= 15 is 0 Å². The number of hydrogen-bond acceptors (Lipinski definition) is 3. The predicted molar refractivity (Wildman–Crippen MR) is 72.3 cm³/mol. The third kappa shape index (κ3) is 2.57. The second-order valence-corrected chi connectivity index (χ2v) is 7.95. The van der Waals surface area contributed by atoms with Crippen LogP contribution in [0.1, 0.15) is 39.5 Å². The Balaban J connectivity index is 2.15. The van der Waals surface area contributed by atoms with Crippen molar-refractivity contribution >= 4 is 10.2 Å². The number of rotatable bonds is 3. The lowest BCUT2D eigenvalue weighted by molar-refractivity contribution is 0.224. The molecule has 1 atom stereocenters. The number of piperidine rings is 1. The molecule has 0 saturated carbocycles. The summed E-state index contributed by atoms with van der Waals surface area (Å²) in [6.45, 7) is 6.50. The normalized spacial score (nSPS) is 30.7. The van der Waals surface area contributed by atoms with Crippen molar-refractivity contribution in [2.45, 2.75) is 45.1 Å². The Labute approximate surface area is 110 Å². The lowest BCUT2D eigenvalue weighted by Crippen LogP contribution is -2.53. The highest BCUT2D eigenvalue weighted by Crippen LogP contribution is 2.33. The van der Waals surface area contributed by atoms with Gasteiger partial charge in [-0.3, -0.25) is 0 Å². The molecular weight excluding hydrogens is 250 g/mol. The Morgan fingerprint density at radius 2 is 2.00 bits per heavy atom. The van der Waals surface area contributed by atoms with E-state index in [2.05, 4.69) is 0 Å². The average Bonchev–Trinajstić information content (AvgIpc) is 2.69. The lowest BCUT2D eigenvalue weighted by Gasteiger charge is -2.38. The van der Waals surface area contributed by atoms with Crippen LogP contribution < -0.4 is 5.73 Å². The molecule has 106 valence electrons. The van der Waals surface area contributed by atoms with E-state index in [1.54, 1.807) is 8.61 Å². The molecule has 2 fully saturated rings. The van der Waals surface area contributed by atoms with Crippen molar-refractivity contribution in [1.29, 1.82) is 0 Å². The molecule has 2 aliphatic heterocycles. The molecular formula is C12H25N3O2S. The van der Waals surface area contributed by atoms with Crippen LogP contribution in [0.15, 0.2) is 0 Å². The summed E-state index contributed by atoms with van der Waals surface area (Å²) in [5.41, 5.74) is 5.44. The van der Waals surface area contributed by atoms with E-state index < -0.39 is 10.2 Å². The third-order valence-electron chi connectivity index (χ3n) is 4.24. The van der Waals surface area contributed by atoms with Crippen LogP contribution in [0.4, 0.5) is 0 Å². The van der Waals surface area contributed by atoms with Gasteiger partial charge in [-0.05, 0) is 52.0 Å². The maximum absolute atomic E-state index is 12.7. The average molecular weight is 275 g/mol. The molecule has 0 aliphatic carbocycles. The van der Waals surface area contributed by atoms with E-state index in [4.69, 9.17) is 5.73 Å². The maximum atomic E-state index is 12.7. The molecule has 1 unspecified atom stereocenters. The Hall–Kier alpha value is -0.170. The van der Waals surface area contributed by atoms with Crippen LogP contribution >= 0.6 is 0 Å². The molecule has 5 nitrogen and oxygen atoms in total. The number of nitrogens with zero attached hydrogens (tertiary/aromatic N) is 2. The standard InChI is InChI=1S/C12H25N3O2S/c1-12(2)6-4-8-15(12)18(16,17)14-7-3-5-11(9-13)10-14/h11H,3-10,13H2,1-2H3. The molecule has 2 rings (SSSR count). The largest absolute Gasteiger partial charge is 0.330 e. The van der Waals surface area contributed by atoms with Gasteiger partial charge in [0.15, 0.2) is 0 Å². The van der Waals surface area contributed by atoms with Gasteiger partial charge in [0, 0.05) is 25.2 Å². The van der Waals surface area contributed by atoms with Crippen molar-refractivity contribution in [1.82, 2.24) is 8.61 Å². The van der Waals surface area contributed by atoms with Crippen LogP contribution in [-0.2, 0) is 10.2 Å². The molecule has 6 heteroatoms. The molecule has 2 N–H and O–H groups in total. The molecule has 0 radical (unpaired) electrons. The molecule has 18 heavy (non-hydrogen) atoms. The van der Waals surface area contributed by atoms with Crippen LogP contribution in [0.25, 0.3) is 0 Å². The molecule has 2 aliphatic rings. The monoisotopic (exact) mass is 275 g/mol. The first kappa shape index (κ1) is 14.2. The first-order valence-electron chi connectivity index (χ1n) is 6.86. The zero-order valence-corrected chi connectivity index (χ0v) is 12.2. The van der Waals surface area contributed by atoms with Gasteiger partial charge in [-0.15, -0.1) is 0 Å². The van der Waals surface area contributed by atoms with Crippen LogP contribution in [0, 0.1) is 5.92 Å². The zero-order valence-electron chi connectivity index (χ0n) is 11.4. The van der Waals surface area contributed by atoms with Gasteiger partial charge < -0.3 is 5.73 Å². The molecule has 0 bridgehead atoms. The van der Waals surface area contributed by atoms with Crippen molar-refractivity contribution < 1.29 is 8.42 Å². The highest BCUT2D eigenvalue weighted by molar-refractivity contribution is 7.86. The van der Waals surface area contributed by atoms with Gasteiger partial charge in [-0.2, -0.15) is 17.0 Å². The summed E-state index contributed by atoms with van der Waals surface area (Å²) >= 11 is 0. The van der Waals surface area contributed by atoms with Crippen molar-refractivity contribution in [3.63, 3.8) is 0 Å². The van der Waals surface area contributed by atoms with Crippen molar-refractivity contribution in [3.8, 4) is 0 Å². The van der Waals surface area contributed by atoms with Gasteiger partial charge in [0.25, 0.3) is 10.2 Å². The predicted octanol–water partition coefficient (Wildman–Crippen LogP) is 0.776. The summed E-state index contributed by atoms with van der Waals surface area (Å²) in [7, 11) is -3.30. The quantitative estimate of drug-likeness (QED) is 0.827. The van der Waals surface area contributed by atoms with Gasteiger partial charge >= 0.3 is 0 Å². The molecule has 0 aromatic carbocycles. The van der Waals surface area contributed by atoms with Crippen LogP contribution in [0.3, 0.4) is 0 Å². The third-order valence-corrected chi connectivity index (χ3v) is 6.46. The lowest BCUT2D eigenvalue weighted by atomic mass is 10.0. The van der Waals surface area contributed by atoms with E-state index in [9.17, 15) is 8.42 Å². The van der Waals surface area contributed by atoms with E-state index in [-0.39, 0.29) is 5.54 Å². The fraction of sp³-hybridized carbons (Fsp3) is 1.00. The Morgan fingerprint density at radius 3 is 2.56 bits per heavy atom. The topological polar surface area (TPSA) is 66.6 Å². The van der Waals surface area contributed by atoms with E-state index in [1.165, 1.54) is 0 Å². The van der Waals surface area contributed by atoms with E-state index in [1.807, 2.05) is 13.8 Å². The molecule has 0 aromatic rings. The minimum Gasteiger partial charge on any atom is -0.330 e. The highest BCUT2D eigenvalue weighted by atomic mass is 32.2. The summed E-state index contributed by atoms with van der Waals surface area (Å²) in [4.78, 5) is 0. The van der Waals surface area contributed by atoms with Gasteiger partial charge in [0.1, 0.15) is 0 Å². The Morgan fingerprint density at radius 1 is 1.28 bits per heavy atom. The Bertz CT molecular complexity index is 394. The summed E-state index contributed by atoms with van der Waals surface area (Å²) in [5, 5.41) is 0. The first-order valence-corrected chi connectivity index (χ1v) is 8.25. The minimum absolute atomic E-state index is 0.242. The fourth-order valence-corrected chi connectivity index (χ4v) is 5.19. The smallest absolute Gasteiger partial charge is 0.282 e. The zero-order chi connectivity index (χ0) is 13.4. The summed E-state index contributed by atoms with van der Waals surface area (Å²) in [6.07, 6.45) is 3.88. The summed E-state index contributed by atoms with van der Waals surface area (Å²) < 4.78 is 28.7. The van der Waals surface area contributed by atoms with Crippen molar-refractivity contribution in [2.24, 2.45) is 11.7 Å². The van der Waals surface area contributed by atoms with Gasteiger partial charge in [0.2, 0.25) is 0 Å². The molecule has 2 saturated heterocycles. The van der Waals surface area contributed by atoms with Gasteiger partial charge in [-0.1, -0.05) is 0 Å². The summed E-state index contributed by atoms with van der Waals surface area (Å²) in [5.74, 6) is 0.319. The minimum atomic E-state index is -3.30. The van der Waals surface area contributed by atoms with Gasteiger partial charge in [-0.25, -0.2) is 0 Å². The second kappa shape index (κ2) is 5.07. The van der Waals surface area contributed by atoms with Crippen LogP contribution in [0.2, 0.25) is 0 Å². The molecule has 0 aromatic heterocycles. The second-order valence-electron chi connectivity index (χ2n) is 6.10. The maximum Gasteiger partial charge on any atom is 0.282 e. The highest BCUT2D eigenvalue weighted by Gasteiger charge is 2.43. The van der Waals surface area contributed by atoms with E-state index in [0.717, 1.165) is 25.7 Å². The van der Waals surface area contributed by atoms with Crippen LogP contribution in [-0.4, -0.2) is 48.7 Å². The van der Waals surface area contributed by atoms with Crippen molar-refractivity contribution in [3.05, 3.63) is 0 Å². The Kier molecular flexibility index (Phi) is 4.02. The van der Waals surface area contributed by atoms with Crippen LogP contribution in [0.5, 0.6) is 0 Å². The number of nitrogens with two attached hydrogens (primary N) is 1. The number of hydrogen-bond donors (Lipinski definition) is 1. The molecule has 0 spiro atoms. The van der Waals surface area contributed by atoms with Crippen molar-refractivity contribution in [2.75, 3.05) is 26.2 Å². The summed E-state index contributed by atoms with van der Waals surface area (Å²) in [6, 6.07) is 0. The fourth-order valence-electron chi connectivity index (χ4n) is 3.08. The van der Waals surface area contributed by atoms with Gasteiger partial charge in [0.05, 0.1) is 0 Å². The molecule has 2 heterocycles. The SMILES string of the molecule is CC1(C)CCCN1S(=O)(=O)N1CCCC(CN)C1. The van der Waals surface area contributed by atoms with E-state index in [0.29, 0.717) is 32.1 Å². The first-order chi connectivity index (χ1) is 8.38. The molecule has 0 amide bonds.